The molecule has 0 spiro atoms. The number of nitrogens with zero attached hydrogens (tertiary/aromatic N) is 3. The zero-order valence-electron chi connectivity index (χ0n) is 14.4. The van der Waals surface area contributed by atoms with Gasteiger partial charge in [-0.3, -0.25) is 9.78 Å². The lowest BCUT2D eigenvalue weighted by Gasteiger charge is -2.23. The van der Waals surface area contributed by atoms with Gasteiger partial charge in [-0.15, -0.1) is 0 Å². The first kappa shape index (κ1) is 18.4. The molecule has 1 aliphatic rings. The Morgan fingerprint density at radius 3 is 3.08 bits per heavy atom. The highest BCUT2D eigenvalue weighted by Gasteiger charge is 2.22. The van der Waals surface area contributed by atoms with Crippen LogP contribution in [0.4, 0.5) is 4.39 Å². The number of aromatic nitrogens is 2. The smallest absolute Gasteiger partial charge is 0.255 e. The van der Waals surface area contributed by atoms with E-state index in [1.807, 2.05) is 17.6 Å². The van der Waals surface area contributed by atoms with Gasteiger partial charge in [0.25, 0.3) is 5.91 Å². The maximum absolute atomic E-state index is 12.4. The Balaban J connectivity index is 1.98. The van der Waals surface area contributed by atoms with E-state index < -0.39 is 6.67 Å². The Morgan fingerprint density at radius 2 is 2.35 bits per heavy atom. The molecule has 0 fully saturated rings. The van der Waals surface area contributed by atoms with Crippen molar-refractivity contribution >= 4 is 39.2 Å². The number of amides is 1. The standard InChI is InChI=1S/C17H19BrFN5O2/c1-10-13(22-9-23-17(10)26-2)8-24-7-12(16(25)20-4-3-19)15-14(24)5-11(18)6-21-15/h5-7,9,13H,3-4,8H2,1-2H3,(H,20,25)(H,22,23). The third-order valence-electron chi connectivity index (χ3n) is 4.20. The average molecular weight is 424 g/mol. The lowest BCUT2D eigenvalue weighted by molar-refractivity contribution is 0.0952. The molecule has 0 saturated carbocycles. The summed E-state index contributed by atoms with van der Waals surface area (Å²) < 4.78 is 20.4. The number of fused-ring (bicyclic) bond motifs is 1. The molecule has 0 saturated heterocycles. The third-order valence-corrected chi connectivity index (χ3v) is 4.63. The fraction of sp³-hybridized carbons (Fsp3) is 0.353. The number of ether oxygens (including phenoxy) is 1. The number of carbonyl (C=O) groups is 1. The summed E-state index contributed by atoms with van der Waals surface area (Å²) in [5, 5.41) is 5.75. The fourth-order valence-corrected chi connectivity index (χ4v) is 3.20. The van der Waals surface area contributed by atoms with E-state index in [4.69, 9.17) is 4.74 Å². The number of pyridine rings is 1. The maximum Gasteiger partial charge on any atom is 0.255 e. The van der Waals surface area contributed by atoms with Crippen LogP contribution < -0.4 is 10.6 Å². The van der Waals surface area contributed by atoms with E-state index in [-0.39, 0.29) is 18.5 Å². The van der Waals surface area contributed by atoms with Crippen molar-refractivity contribution in [2.24, 2.45) is 4.99 Å². The van der Waals surface area contributed by atoms with Gasteiger partial charge in [0, 0.05) is 35.5 Å². The Bertz CT molecular complexity index is 893. The van der Waals surface area contributed by atoms with Crippen LogP contribution >= 0.6 is 15.9 Å². The van der Waals surface area contributed by atoms with Crippen LogP contribution in [0.2, 0.25) is 0 Å². The Labute approximate surface area is 158 Å². The zero-order valence-corrected chi connectivity index (χ0v) is 16.0. The second-order valence-electron chi connectivity index (χ2n) is 5.83. The molecule has 2 aromatic heterocycles. The number of halogens is 2. The summed E-state index contributed by atoms with van der Waals surface area (Å²) in [5.41, 5.74) is 2.76. The van der Waals surface area contributed by atoms with Gasteiger partial charge in [0.15, 0.2) is 0 Å². The van der Waals surface area contributed by atoms with Gasteiger partial charge < -0.3 is 19.9 Å². The predicted octanol–water partition coefficient (Wildman–Crippen LogP) is 2.38. The SMILES string of the molecule is COC1=C(C)C(Cn2cc(C(=O)NCCF)c3ncc(Br)cc32)NC=N1. The number of rotatable bonds is 6. The number of alkyl halides is 1. The minimum Gasteiger partial charge on any atom is -0.481 e. The molecule has 3 heterocycles. The number of hydrogen-bond acceptors (Lipinski definition) is 5. The molecule has 1 amide bonds. The molecule has 3 rings (SSSR count). The summed E-state index contributed by atoms with van der Waals surface area (Å²) in [6.45, 7) is 1.86. The largest absolute Gasteiger partial charge is 0.481 e. The molecule has 0 aliphatic carbocycles. The second-order valence-corrected chi connectivity index (χ2v) is 6.75. The Kier molecular flexibility index (Phi) is 5.55. The molecule has 138 valence electrons. The molecule has 9 heteroatoms. The van der Waals surface area contributed by atoms with Gasteiger partial charge in [-0.25, -0.2) is 9.38 Å². The van der Waals surface area contributed by atoms with E-state index in [2.05, 4.69) is 36.5 Å². The first-order chi connectivity index (χ1) is 12.5. The molecule has 1 aliphatic heterocycles. The van der Waals surface area contributed by atoms with Gasteiger partial charge >= 0.3 is 0 Å². The molecule has 1 unspecified atom stereocenters. The number of nitrogens with one attached hydrogen (secondary N) is 2. The van der Waals surface area contributed by atoms with E-state index in [1.165, 1.54) is 0 Å². The van der Waals surface area contributed by atoms with E-state index in [1.54, 1.807) is 25.8 Å². The monoisotopic (exact) mass is 423 g/mol. The molecule has 1 atom stereocenters. The molecular formula is C17H19BrFN5O2. The van der Waals surface area contributed by atoms with E-state index in [9.17, 15) is 9.18 Å². The number of aliphatic imine (C=N–C) groups is 1. The summed E-state index contributed by atoms with van der Waals surface area (Å²) in [4.78, 5) is 20.9. The van der Waals surface area contributed by atoms with Crippen molar-refractivity contribution in [1.29, 1.82) is 0 Å². The fourth-order valence-electron chi connectivity index (χ4n) is 2.88. The van der Waals surface area contributed by atoms with Crippen molar-refractivity contribution in [2.75, 3.05) is 20.3 Å². The van der Waals surface area contributed by atoms with Crippen LogP contribution in [0.3, 0.4) is 0 Å². The minimum absolute atomic E-state index is 0.0261. The second kappa shape index (κ2) is 7.86. The van der Waals surface area contributed by atoms with Crippen molar-refractivity contribution < 1.29 is 13.9 Å². The van der Waals surface area contributed by atoms with Crippen LogP contribution in [0.25, 0.3) is 11.0 Å². The quantitative estimate of drug-likeness (QED) is 0.747. The third kappa shape index (κ3) is 3.57. The summed E-state index contributed by atoms with van der Waals surface area (Å²) in [5.74, 6) is 0.231. The zero-order chi connectivity index (χ0) is 18.7. The number of hydrogen-bond donors (Lipinski definition) is 2. The molecule has 2 N–H and O–H groups in total. The van der Waals surface area contributed by atoms with E-state index in [0.29, 0.717) is 23.5 Å². The molecule has 26 heavy (non-hydrogen) atoms. The molecule has 0 radical (unpaired) electrons. The highest BCUT2D eigenvalue weighted by molar-refractivity contribution is 9.10. The van der Waals surface area contributed by atoms with Crippen molar-refractivity contribution in [1.82, 2.24) is 20.2 Å². The normalized spacial score (nSPS) is 16.7. The highest BCUT2D eigenvalue weighted by atomic mass is 79.9. The van der Waals surface area contributed by atoms with Crippen LogP contribution in [0.1, 0.15) is 17.3 Å². The van der Waals surface area contributed by atoms with Crippen LogP contribution in [0.5, 0.6) is 0 Å². The Hall–Kier alpha value is -2.42. The number of carbonyl (C=O) groups excluding carboxylic acids is 1. The van der Waals surface area contributed by atoms with E-state index in [0.717, 1.165) is 15.6 Å². The maximum atomic E-state index is 12.4. The van der Waals surface area contributed by atoms with Gasteiger partial charge in [-0.1, -0.05) is 0 Å². The van der Waals surface area contributed by atoms with Gasteiger partial charge in [-0.05, 0) is 28.9 Å². The van der Waals surface area contributed by atoms with Crippen molar-refractivity contribution in [3.63, 3.8) is 0 Å². The van der Waals surface area contributed by atoms with Crippen molar-refractivity contribution in [3.8, 4) is 0 Å². The first-order valence-corrected chi connectivity index (χ1v) is 8.86. The molecular weight excluding hydrogens is 405 g/mol. The van der Waals surface area contributed by atoms with Crippen molar-refractivity contribution in [3.05, 3.63) is 40.0 Å². The average Bonchev–Trinajstić information content (AvgIpc) is 2.99. The van der Waals surface area contributed by atoms with Gasteiger partial charge in [0.05, 0.1) is 30.6 Å². The number of methoxy groups -OCH3 is 1. The van der Waals surface area contributed by atoms with Crippen LogP contribution in [0.15, 0.2) is 39.4 Å². The summed E-state index contributed by atoms with van der Waals surface area (Å²) in [6, 6.07) is 1.86. The lowest BCUT2D eigenvalue weighted by Crippen LogP contribution is -2.36. The molecule has 7 nitrogen and oxygen atoms in total. The van der Waals surface area contributed by atoms with Crippen LogP contribution in [-0.2, 0) is 11.3 Å². The topological polar surface area (TPSA) is 80.5 Å². The van der Waals surface area contributed by atoms with Gasteiger partial charge in [-0.2, -0.15) is 0 Å². The van der Waals surface area contributed by atoms with Crippen molar-refractivity contribution in [2.45, 2.75) is 19.5 Å². The predicted molar refractivity (Wildman–Crippen MR) is 101 cm³/mol. The van der Waals surface area contributed by atoms with Gasteiger partial charge in [0.1, 0.15) is 12.2 Å². The van der Waals surface area contributed by atoms with Crippen LogP contribution in [-0.4, -0.2) is 48.2 Å². The summed E-state index contributed by atoms with van der Waals surface area (Å²) in [7, 11) is 1.58. The summed E-state index contributed by atoms with van der Waals surface area (Å²) in [6.07, 6.45) is 4.98. The summed E-state index contributed by atoms with van der Waals surface area (Å²) >= 11 is 3.42. The Morgan fingerprint density at radius 1 is 1.54 bits per heavy atom. The molecule has 0 aromatic carbocycles. The molecule has 2 aromatic rings. The first-order valence-electron chi connectivity index (χ1n) is 8.07. The minimum atomic E-state index is -0.613. The lowest BCUT2D eigenvalue weighted by atomic mass is 10.1. The van der Waals surface area contributed by atoms with E-state index >= 15 is 0 Å². The highest BCUT2D eigenvalue weighted by Crippen LogP contribution is 2.25. The van der Waals surface area contributed by atoms with Crippen LogP contribution in [0, 0.1) is 0 Å². The van der Waals surface area contributed by atoms with Gasteiger partial charge in [0.2, 0.25) is 5.88 Å². The molecule has 0 bridgehead atoms.